The van der Waals surface area contributed by atoms with Gasteiger partial charge < -0.3 is 18.3 Å². The van der Waals surface area contributed by atoms with Gasteiger partial charge in [0.15, 0.2) is 0 Å². The molecule has 1 aliphatic heterocycles. The van der Waals surface area contributed by atoms with E-state index in [0.717, 1.165) is 29.3 Å². The van der Waals surface area contributed by atoms with Crippen molar-refractivity contribution < 1.29 is 18.3 Å². The molecule has 0 amide bonds. The third-order valence-corrected chi connectivity index (χ3v) is 5.63. The lowest BCUT2D eigenvalue weighted by Gasteiger charge is -2.40. The summed E-state index contributed by atoms with van der Waals surface area (Å²) >= 11 is 0. The van der Waals surface area contributed by atoms with E-state index in [4.69, 9.17) is 18.3 Å². The van der Waals surface area contributed by atoms with Crippen LogP contribution in [0.4, 0.5) is 0 Å². The summed E-state index contributed by atoms with van der Waals surface area (Å²) in [6, 6.07) is 6.10. The highest BCUT2D eigenvalue weighted by Crippen LogP contribution is 2.36. The van der Waals surface area contributed by atoms with Gasteiger partial charge in [-0.3, -0.25) is 0 Å². The van der Waals surface area contributed by atoms with Crippen LogP contribution in [-0.2, 0) is 20.2 Å². The summed E-state index contributed by atoms with van der Waals surface area (Å²) < 4.78 is 22.9. The summed E-state index contributed by atoms with van der Waals surface area (Å²) in [6.07, 6.45) is 2.22. The van der Waals surface area contributed by atoms with Crippen molar-refractivity contribution in [3.05, 3.63) is 23.8 Å². The Morgan fingerprint density at radius 2 is 2.05 bits per heavy atom. The highest BCUT2D eigenvalue weighted by molar-refractivity contribution is 6.61. The first-order valence-corrected chi connectivity index (χ1v) is 8.77. The molecule has 2 unspecified atom stereocenters. The summed E-state index contributed by atoms with van der Waals surface area (Å²) in [5.41, 5.74) is 1.06. The van der Waals surface area contributed by atoms with E-state index in [0.29, 0.717) is 12.5 Å². The topological polar surface area (TPSA) is 36.9 Å². The molecular weight excluding hydrogens is 284 g/mol. The van der Waals surface area contributed by atoms with Crippen LogP contribution in [-0.4, -0.2) is 29.3 Å². The Bertz CT molecular complexity index is 475. The standard InChI is InChI=1S/C16H25O4Si/c1-6-7-12(2)16(3)19-11-13-10-14(21(17-4)18-5)8-9-15(13)20-16/h8-10,12H,6-7,11H2,1-5H3. The molecule has 1 aliphatic rings. The van der Waals surface area contributed by atoms with Gasteiger partial charge in [0, 0.05) is 32.6 Å². The lowest BCUT2D eigenvalue weighted by molar-refractivity contribution is -0.223. The van der Waals surface area contributed by atoms with Gasteiger partial charge in [-0.15, -0.1) is 0 Å². The monoisotopic (exact) mass is 309 g/mol. The fourth-order valence-electron chi connectivity index (χ4n) is 2.64. The molecule has 0 saturated carbocycles. The molecule has 0 N–H and O–H groups in total. The number of benzene rings is 1. The van der Waals surface area contributed by atoms with E-state index >= 15 is 0 Å². The van der Waals surface area contributed by atoms with Gasteiger partial charge in [0.2, 0.25) is 5.79 Å². The van der Waals surface area contributed by atoms with Crippen LogP contribution in [0.2, 0.25) is 0 Å². The fourth-order valence-corrected chi connectivity index (χ4v) is 3.79. The molecule has 117 valence electrons. The second-order valence-electron chi connectivity index (χ2n) is 5.61. The van der Waals surface area contributed by atoms with E-state index in [9.17, 15) is 0 Å². The van der Waals surface area contributed by atoms with Crippen molar-refractivity contribution in [1.29, 1.82) is 0 Å². The van der Waals surface area contributed by atoms with E-state index in [1.54, 1.807) is 14.2 Å². The minimum Gasteiger partial charge on any atom is -0.462 e. The van der Waals surface area contributed by atoms with Gasteiger partial charge in [0.05, 0.1) is 6.61 Å². The maximum Gasteiger partial charge on any atom is 0.423 e. The molecule has 21 heavy (non-hydrogen) atoms. The number of hydrogen-bond donors (Lipinski definition) is 0. The van der Waals surface area contributed by atoms with Crippen LogP contribution in [0.25, 0.3) is 0 Å². The first kappa shape index (κ1) is 16.5. The summed E-state index contributed by atoms with van der Waals surface area (Å²) in [5.74, 6) is 0.720. The van der Waals surface area contributed by atoms with Gasteiger partial charge in [0.1, 0.15) is 5.75 Å². The van der Waals surface area contributed by atoms with Crippen LogP contribution >= 0.6 is 0 Å². The van der Waals surface area contributed by atoms with Crippen LogP contribution < -0.4 is 9.92 Å². The Balaban J connectivity index is 2.19. The van der Waals surface area contributed by atoms with Crippen LogP contribution in [0.15, 0.2) is 18.2 Å². The van der Waals surface area contributed by atoms with E-state index in [1.807, 2.05) is 19.1 Å². The third kappa shape index (κ3) is 3.48. The molecule has 2 rings (SSSR count). The SMILES string of the molecule is CCCC(C)C1(C)OCc2cc([Si](OC)OC)ccc2O1. The average molecular weight is 309 g/mol. The largest absolute Gasteiger partial charge is 0.462 e. The normalized spacial score (nSPS) is 22.8. The molecule has 0 fully saturated rings. The molecule has 0 aromatic heterocycles. The molecule has 1 aromatic rings. The van der Waals surface area contributed by atoms with E-state index < -0.39 is 15.1 Å². The molecule has 0 saturated heterocycles. The van der Waals surface area contributed by atoms with Gasteiger partial charge in [-0.25, -0.2) is 0 Å². The van der Waals surface area contributed by atoms with Gasteiger partial charge in [0.25, 0.3) is 0 Å². The Morgan fingerprint density at radius 1 is 1.33 bits per heavy atom. The Hall–Kier alpha value is -0.883. The van der Waals surface area contributed by atoms with Gasteiger partial charge in [-0.1, -0.05) is 26.3 Å². The zero-order chi connectivity index (χ0) is 15.5. The van der Waals surface area contributed by atoms with Crippen molar-refractivity contribution in [1.82, 2.24) is 0 Å². The maximum atomic E-state index is 6.14. The predicted octanol–water partition coefficient (Wildman–Crippen LogP) is 2.74. The fraction of sp³-hybridized carbons (Fsp3) is 0.625. The van der Waals surface area contributed by atoms with Crippen molar-refractivity contribution >= 4 is 14.5 Å². The highest BCUT2D eigenvalue weighted by Gasteiger charge is 2.38. The van der Waals surface area contributed by atoms with Crippen molar-refractivity contribution in [2.75, 3.05) is 14.2 Å². The zero-order valence-electron chi connectivity index (χ0n) is 13.6. The second-order valence-corrected chi connectivity index (χ2v) is 7.58. The van der Waals surface area contributed by atoms with Crippen molar-refractivity contribution in [2.24, 2.45) is 5.92 Å². The Morgan fingerprint density at radius 3 is 2.67 bits per heavy atom. The van der Waals surface area contributed by atoms with Crippen molar-refractivity contribution in [3.63, 3.8) is 0 Å². The summed E-state index contributed by atoms with van der Waals surface area (Å²) in [6.45, 7) is 6.96. The first-order chi connectivity index (χ1) is 10.0. The molecule has 0 bridgehead atoms. The minimum absolute atomic E-state index is 0.355. The average Bonchev–Trinajstić information content (AvgIpc) is 2.49. The van der Waals surface area contributed by atoms with Crippen LogP contribution in [0, 0.1) is 5.92 Å². The van der Waals surface area contributed by atoms with Crippen LogP contribution in [0.3, 0.4) is 0 Å². The maximum absolute atomic E-state index is 6.14. The Kier molecular flexibility index (Phi) is 5.43. The quantitative estimate of drug-likeness (QED) is 0.757. The highest BCUT2D eigenvalue weighted by atomic mass is 28.3. The smallest absolute Gasteiger partial charge is 0.423 e. The lowest BCUT2D eigenvalue weighted by Crippen LogP contribution is -2.45. The molecule has 1 heterocycles. The second kappa shape index (κ2) is 6.92. The van der Waals surface area contributed by atoms with Gasteiger partial charge in [-0.2, -0.15) is 0 Å². The van der Waals surface area contributed by atoms with Crippen molar-refractivity contribution in [2.45, 2.75) is 46.0 Å². The minimum atomic E-state index is -1.40. The van der Waals surface area contributed by atoms with Gasteiger partial charge >= 0.3 is 9.28 Å². The van der Waals surface area contributed by atoms with E-state index in [-0.39, 0.29) is 0 Å². The van der Waals surface area contributed by atoms with Crippen LogP contribution in [0.5, 0.6) is 5.75 Å². The lowest BCUT2D eigenvalue weighted by atomic mass is 9.96. The molecule has 1 aromatic carbocycles. The molecule has 0 aliphatic carbocycles. The Labute approximate surface area is 129 Å². The van der Waals surface area contributed by atoms with Crippen molar-refractivity contribution in [3.8, 4) is 5.75 Å². The molecule has 0 spiro atoms. The number of ether oxygens (including phenoxy) is 2. The summed E-state index contributed by atoms with van der Waals surface area (Å²) in [4.78, 5) is 0. The predicted molar refractivity (Wildman–Crippen MR) is 83.7 cm³/mol. The number of hydrogen-bond acceptors (Lipinski definition) is 4. The molecular formula is C16H25O4Si. The molecule has 4 nitrogen and oxygen atoms in total. The molecule has 2 atom stereocenters. The molecule has 5 heteroatoms. The van der Waals surface area contributed by atoms with Gasteiger partial charge in [-0.05, 0) is 23.7 Å². The third-order valence-electron chi connectivity index (χ3n) is 4.11. The first-order valence-electron chi connectivity index (χ1n) is 7.45. The molecule has 1 radical (unpaired) electrons. The summed E-state index contributed by atoms with van der Waals surface area (Å²) in [5, 5.41) is 1.07. The zero-order valence-corrected chi connectivity index (χ0v) is 14.6. The number of rotatable bonds is 6. The number of fused-ring (bicyclic) bond motifs is 1. The van der Waals surface area contributed by atoms with E-state index in [1.165, 1.54) is 0 Å². The summed E-state index contributed by atoms with van der Waals surface area (Å²) in [7, 11) is 1.95. The van der Waals surface area contributed by atoms with E-state index in [2.05, 4.69) is 19.9 Å². The van der Waals surface area contributed by atoms with Crippen LogP contribution in [0.1, 0.15) is 39.2 Å².